The summed E-state index contributed by atoms with van der Waals surface area (Å²) < 4.78 is 0. The Morgan fingerprint density at radius 3 is 2.50 bits per heavy atom. The predicted octanol–water partition coefficient (Wildman–Crippen LogP) is 3.49. The van der Waals surface area contributed by atoms with Crippen molar-refractivity contribution in [1.29, 1.82) is 0 Å². The van der Waals surface area contributed by atoms with Gasteiger partial charge in [0.15, 0.2) is 0 Å². The summed E-state index contributed by atoms with van der Waals surface area (Å²) in [5.74, 6) is -0.00824. The second kappa shape index (κ2) is 4.50. The molecule has 0 amide bonds. The molecule has 1 heteroatoms. The Balaban J connectivity index is 2.63. The lowest BCUT2D eigenvalue weighted by atomic mass is 9.90. The average Bonchev–Trinajstić information content (AvgIpc) is 2.30. The monoisotopic (exact) mass is 212 g/mol. The van der Waals surface area contributed by atoms with Gasteiger partial charge in [-0.3, -0.25) is 0 Å². The van der Waals surface area contributed by atoms with E-state index < -0.39 is 6.10 Å². The fourth-order valence-corrected chi connectivity index (χ4v) is 2.12. The lowest BCUT2D eigenvalue weighted by molar-refractivity contribution is 0.179. The average molecular weight is 212 g/mol. The predicted molar refractivity (Wildman–Crippen MR) is 68.6 cm³/mol. The maximum atomic E-state index is 9.75. The molecule has 0 aliphatic carbocycles. The molecule has 0 saturated heterocycles. The van der Waals surface area contributed by atoms with Crippen LogP contribution in [0.15, 0.2) is 55.1 Å². The van der Waals surface area contributed by atoms with Crippen molar-refractivity contribution in [2.75, 3.05) is 0 Å². The van der Waals surface area contributed by atoms with Gasteiger partial charge in [-0.15, -0.1) is 6.58 Å². The Morgan fingerprint density at radius 2 is 1.81 bits per heavy atom. The molecular formula is C15H16O. The maximum Gasteiger partial charge on any atom is 0.0615 e. The minimum atomic E-state index is -0.414. The number of rotatable bonds is 3. The molecule has 2 atom stereocenters. The van der Waals surface area contributed by atoms with Crippen molar-refractivity contribution < 1.29 is 5.11 Å². The van der Waals surface area contributed by atoms with Crippen molar-refractivity contribution in [3.05, 3.63) is 60.7 Å². The Kier molecular flexibility index (Phi) is 3.07. The number of hydrogen-bond acceptors (Lipinski definition) is 1. The molecule has 0 radical (unpaired) electrons. The molecule has 0 unspecified atom stereocenters. The highest BCUT2D eigenvalue weighted by molar-refractivity contribution is 5.86. The van der Waals surface area contributed by atoms with Crippen LogP contribution in [0.4, 0.5) is 0 Å². The highest BCUT2D eigenvalue weighted by Crippen LogP contribution is 2.28. The van der Waals surface area contributed by atoms with Crippen LogP contribution in [-0.2, 0) is 0 Å². The van der Waals surface area contributed by atoms with Gasteiger partial charge in [0.1, 0.15) is 0 Å². The number of hydrogen-bond donors (Lipinski definition) is 1. The van der Waals surface area contributed by atoms with Gasteiger partial charge in [0.05, 0.1) is 6.10 Å². The molecular weight excluding hydrogens is 196 g/mol. The number of aliphatic hydroxyl groups excluding tert-OH is 1. The molecule has 0 saturated carbocycles. The van der Waals surface area contributed by atoms with Gasteiger partial charge in [-0.25, -0.2) is 0 Å². The molecule has 82 valence electrons. The van der Waals surface area contributed by atoms with Gasteiger partial charge in [0.2, 0.25) is 0 Å². The van der Waals surface area contributed by atoms with Crippen molar-refractivity contribution in [2.45, 2.75) is 18.9 Å². The van der Waals surface area contributed by atoms with Crippen LogP contribution in [0.3, 0.4) is 0 Å². The fraction of sp³-hybridized carbons (Fsp3) is 0.200. The molecule has 0 bridgehead atoms. The molecule has 0 spiro atoms. The summed E-state index contributed by atoms with van der Waals surface area (Å²) in [5, 5.41) is 12.1. The van der Waals surface area contributed by atoms with E-state index in [1.165, 1.54) is 10.8 Å². The first kappa shape index (κ1) is 10.9. The third-order valence-electron chi connectivity index (χ3n) is 2.96. The van der Waals surface area contributed by atoms with Gasteiger partial charge in [-0.05, 0) is 23.3 Å². The lowest BCUT2D eigenvalue weighted by Gasteiger charge is -2.18. The Morgan fingerprint density at radius 1 is 1.12 bits per heavy atom. The lowest BCUT2D eigenvalue weighted by Crippen LogP contribution is -2.12. The SMILES string of the molecule is C=C[C@H](c1cccc2ccccc12)[C@H](C)O. The van der Waals surface area contributed by atoms with Crippen molar-refractivity contribution in [1.82, 2.24) is 0 Å². The first-order valence-corrected chi connectivity index (χ1v) is 5.52. The zero-order valence-electron chi connectivity index (χ0n) is 9.43. The summed E-state index contributed by atoms with van der Waals surface area (Å²) in [6.07, 6.45) is 1.40. The van der Waals surface area contributed by atoms with Crippen LogP contribution in [0.2, 0.25) is 0 Å². The molecule has 0 aromatic heterocycles. The van der Waals surface area contributed by atoms with Crippen LogP contribution in [-0.4, -0.2) is 11.2 Å². The van der Waals surface area contributed by atoms with E-state index in [9.17, 15) is 5.11 Å². The number of aliphatic hydroxyl groups is 1. The minimum Gasteiger partial charge on any atom is -0.392 e. The first-order chi connectivity index (χ1) is 7.74. The van der Waals surface area contributed by atoms with E-state index in [-0.39, 0.29) is 5.92 Å². The van der Waals surface area contributed by atoms with Crippen LogP contribution in [0.25, 0.3) is 10.8 Å². The maximum absolute atomic E-state index is 9.75. The summed E-state index contributed by atoms with van der Waals surface area (Å²) in [6.45, 7) is 5.61. The molecule has 2 rings (SSSR count). The zero-order chi connectivity index (χ0) is 11.5. The minimum absolute atomic E-state index is 0.00824. The largest absolute Gasteiger partial charge is 0.392 e. The van der Waals surface area contributed by atoms with E-state index in [2.05, 4.69) is 30.8 Å². The van der Waals surface area contributed by atoms with Gasteiger partial charge < -0.3 is 5.11 Å². The number of benzene rings is 2. The van der Waals surface area contributed by atoms with Crippen molar-refractivity contribution in [2.24, 2.45) is 0 Å². The molecule has 1 N–H and O–H groups in total. The van der Waals surface area contributed by atoms with Gasteiger partial charge >= 0.3 is 0 Å². The molecule has 0 fully saturated rings. The molecule has 0 aliphatic heterocycles. The third-order valence-corrected chi connectivity index (χ3v) is 2.96. The third kappa shape index (κ3) is 1.86. The second-order valence-electron chi connectivity index (χ2n) is 4.07. The molecule has 0 heterocycles. The topological polar surface area (TPSA) is 20.2 Å². The highest BCUT2D eigenvalue weighted by Gasteiger charge is 2.15. The summed E-state index contributed by atoms with van der Waals surface area (Å²) in [6, 6.07) is 14.4. The van der Waals surface area contributed by atoms with Crippen LogP contribution in [0, 0.1) is 0 Å². The van der Waals surface area contributed by atoms with E-state index in [1.807, 2.05) is 24.3 Å². The highest BCUT2D eigenvalue weighted by atomic mass is 16.3. The number of fused-ring (bicyclic) bond motifs is 1. The Hall–Kier alpha value is -1.60. The van der Waals surface area contributed by atoms with Crippen molar-refractivity contribution in [3.63, 3.8) is 0 Å². The summed E-state index contributed by atoms with van der Waals surface area (Å²) in [7, 11) is 0. The standard InChI is InChI=1S/C15H16O/c1-3-13(11(2)16)15-10-6-8-12-7-4-5-9-14(12)15/h3-11,13,16H,1H2,2H3/t11-,13-/m0/s1. The van der Waals surface area contributed by atoms with Gasteiger partial charge in [-0.2, -0.15) is 0 Å². The van der Waals surface area contributed by atoms with Crippen molar-refractivity contribution in [3.8, 4) is 0 Å². The van der Waals surface area contributed by atoms with Crippen LogP contribution in [0.5, 0.6) is 0 Å². The van der Waals surface area contributed by atoms with Crippen LogP contribution >= 0.6 is 0 Å². The van der Waals surface area contributed by atoms with E-state index >= 15 is 0 Å². The smallest absolute Gasteiger partial charge is 0.0615 e. The molecule has 16 heavy (non-hydrogen) atoms. The Bertz CT molecular complexity index is 494. The first-order valence-electron chi connectivity index (χ1n) is 5.52. The van der Waals surface area contributed by atoms with Gasteiger partial charge in [-0.1, -0.05) is 48.5 Å². The van der Waals surface area contributed by atoms with E-state index in [0.29, 0.717) is 0 Å². The summed E-state index contributed by atoms with van der Waals surface area (Å²) in [4.78, 5) is 0. The van der Waals surface area contributed by atoms with Crippen molar-refractivity contribution >= 4 is 10.8 Å². The normalized spacial score (nSPS) is 14.6. The van der Waals surface area contributed by atoms with Gasteiger partial charge in [0, 0.05) is 5.92 Å². The summed E-state index contributed by atoms with van der Waals surface area (Å²) >= 11 is 0. The molecule has 0 aliphatic rings. The van der Waals surface area contributed by atoms with Gasteiger partial charge in [0.25, 0.3) is 0 Å². The zero-order valence-corrected chi connectivity index (χ0v) is 9.43. The molecule has 2 aromatic rings. The van der Waals surface area contributed by atoms with Crippen LogP contribution in [0.1, 0.15) is 18.4 Å². The van der Waals surface area contributed by atoms with E-state index in [0.717, 1.165) is 5.56 Å². The summed E-state index contributed by atoms with van der Waals surface area (Å²) in [5.41, 5.74) is 1.14. The molecule has 2 aromatic carbocycles. The fourth-order valence-electron chi connectivity index (χ4n) is 2.12. The Labute approximate surface area is 96.0 Å². The molecule has 1 nitrogen and oxygen atoms in total. The van der Waals surface area contributed by atoms with Crippen LogP contribution < -0.4 is 0 Å². The second-order valence-corrected chi connectivity index (χ2v) is 4.07. The van der Waals surface area contributed by atoms with E-state index in [1.54, 1.807) is 6.92 Å². The quantitative estimate of drug-likeness (QED) is 0.772. The van der Waals surface area contributed by atoms with E-state index in [4.69, 9.17) is 0 Å².